The van der Waals surface area contributed by atoms with Gasteiger partial charge in [-0.05, 0) is 6.07 Å². The van der Waals surface area contributed by atoms with Gasteiger partial charge in [-0.1, -0.05) is 11.6 Å². The Balaban J connectivity index is 2.44. The maximum atomic E-state index is 13.6. The number of nitrogens with zero attached hydrogens (tertiary/aromatic N) is 3. The van der Waals surface area contributed by atoms with Crippen LogP contribution in [0, 0.1) is 15.9 Å². The lowest BCUT2D eigenvalue weighted by atomic mass is 10.3. The highest BCUT2D eigenvalue weighted by atomic mass is 35.5. The lowest BCUT2D eigenvalue weighted by Crippen LogP contribution is -2.15. The van der Waals surface area contributed by atoms with Gasteiger partial charge in [0.2, 0.25) is 0 Å². The lowest BCUT2D eigenvalue weighted by molar-refractivity contribution is -0.385. The van der Waals surface area contributed by atoms with Gasteiger partial charge in [0, 0.05) is 18.2 Å². The predicted molar refractivity (Wildman–Crippen MR) is 70.9 cm³/mol. The minimum absolute atomic E-state index is 0.0257. The molecule has 110 valence electrons. The van der Waals surface area contributed by atoms with Crippen molar-refractivity contribution in [2.75, 3.05) is 4.72 Å². The fraction of sp³-hybridized carbons (Fsp3) is 0. The van der Waals surface area contributed by atoms with Crippen molar-refractivity contribution in [3.05, 3.63) is 51.7 Å². The lowest BCUT2D eigenvalue weighted by Gasteiger charge is -2.07. The van der Waals surface area contributed by atoms with Gasteiger partial charge >= 0.3 is 0 Å². The van der Waals surface area contributed by atoms with E-state index in [1.165, 1.54) is 0 Å². The maximum absolute atomic E-state index is 13.6. The van der Waals surface area contributed by atoms with Gasteiger partial charge in [-0.3, -0.25) is 14.8 Å². The van der Waals surface area contributed by atoms with Crippen molar-refractivity contribution in [1.29, 1.82) is 0 Å². The van der Waals surface area contributed by atoms with Gasteiger partial charge in [0.05, 0.1) is 4.92 Å². The van der Waals surface area contributed by atoms with Crippen molar-refractivity contribution in [2.24, 2.45) is 0 Å². The number of non-ortho nitro benzene ring substituents is 1. The van der Waals surface area contributed by atoms with Crippen LogP contribution >= 0.6 is 11.6 Å². The first-order chi connectivity index (χ1) is 9.79. The molecular formula is C10H6ClFN4O4S. The van der Waals surface area contributed by atoms with E-state index in [0.29, 0.717) is 12.1 Å². The van der Waals surface area contributed by atoms with E-state index in [0.717, 1.165) is 18.5 Å². The summed E-state index contributed by atoms with van der Waals surface area (Å²) in [5, 5.41) is 10.6. The van der Waals surface area contributed by atoms with Crippen LogP contribution in [0.3, 0.4) is 0 Å². The molecule has 2 rings (SSSR count). The topological polar surface area (TPSA) is 115 Å². The number of anilines is 1. The standard InChI is InChI=1S/C10H6ClFN4O4S/c11-9-4-10(14-5-13-9)15-21(19,20)8-3-6(16(17)18)1-2-7(8)12/h1-5H,(H,13,14,15). The minimum atomic E-state index is -4.40. The number of nitrogens with one attached hydrogen (secondary N) is 1. The number of nitro benzene ring substituents is 1. The quantitative estimate of drug-likeness (QED) is 0.520. The molecule has 1 heterocycles. The first-order valence-corrected chi connectivity index (χ1v) is 7.10. The van der Waals surface area contributed by atoms with E-state index < -0.39 is 31.3 Å². The minimum Gasteiger partial charge on any atom is -0.263 e. The van der Waals surface area contributed by atoms with E-state index in [4.69, 9.17) is 11.6 Å². The fourth-order valence-electron chi connectivity index (χ4n) is 1.39. The third-order valence-electron chi connectivity index (χ3n) is 2.29. The normalized spacial score (nSPS) is 11.1. The second-order valence-electron chi connectivity index (χ2n) is 3.70. The summed E-state index contributed by atoms with van der Waals surface area (Å²) in [6.07, 6.45) is 1.00. The average molecular weight is 333 g/mol. The van der Waals surface area contributed by atoms with Crippen LogP contribution in [-0.4, -0.2) is 23.3 Å². The Hall–Kier alpha value is -2.33. The van der Waals surface area contributed by atoms with Gasteiger partial charge in [-0.2, -0.15) is 0 Å². The van der Waals surface area contributed by atoms with Gasteiger partial charge in [0.1, 0.15) is 28.0 Å². The predicted octanol–water partition coefficient (Wildman–Crippen LogP) is 1.98. The summed E-state index contributed by atoms with van der Waals surface area (Å²) in [5.74, 6) is -1.32. The Labute approximate surface area is 122 Å². The second kappa shape index (κ2) is 5.58. The largest absolute Gasteiger partial charge is 0.271 e. The van der Waals surface area contributed by atoms with Gasteiger partial charge in [-0.15, -0.1) is 0 Å². The SMILES string of the molecule is O=[N+]([O-])c1ccc(F)c(S(=O)(=O)Nc2cc(Cl)ncn2)c1. The highest BCUT2D eigenvalue weighted by Gasteiger charge is 2.23. The Morgan fingerprint density at radius 3 is 2.62 bits per heavy atom. The van der Waals surface area contributed by atoms with E-state index in [1.54, 1.807) is 0 Å². The molecule has 1 aromatic carbocycles. The molecule has 0 atom stereocenters. The molecular weight excluding hydrogens is 327 g/mol. The van der Waals surface area contributed by atoms with Crippen molar-refractivity contribution in [2.45, 2.75) is 4.90 Å². The van der Waals surface area contributed by atoms with E-state index in [-0.39, 0.29) is 11.0 Å². The molecule has 1 N–H and O–H groups in total. The van der Waals surface area contributed by atoms with Crippen LogP contribution in [0.1, 0.15) is 0 Å². The number of aromatic nitrogens is 2. The van der Waals surface area contributed by atoms with Gasteiger partial charge in [0.15, 0.2) is 0 Å². The van der Waals surface area contributed by atoms with E-state index in [2.05, 4.69) is 9.97 Å². The third kappa shape index (κ3) is 3.41. The third-order valence-corrected chi connectivity index (χ3v) is 3.86. The molecule has 0 aliphatic carbocycles. The zero-order valence-electron chi connectivity index (χ0n) is 10.0. The van der Waals surface area contributed by atoms with Crippen molar-refractivity contribution >= 4 is 33.1 Å². The summed E-state index contributed by atoms with van der Waals surface area (Å²) in [4.78, 5) is 16.1. The maximum Gasteiger partial charge on any atom is 0.271 e. The Bertz CT molecular complexity index is 814. The van der Waals surface area contributed by atoms with E-state index in [9.17, 15) is 22.9 Å². The molecule has 0 amide bonds. The molecule has 0 saturated heterocycles. The average Bonchev–Trinajstić information content (AvgIpc) is 2.38. The molecule has 0 saturated carbocycles. The molecule has 21 heavy (non-hydrogen) atoms. The molecule has 0 bridgehead atoms. The number of sulfonamides is 1. The molecule has 2 aromatic rings. The number of benzene rings is 1. The monoisotopic (exact) mass is 332 g/mol. The van der Waals surface area contributed by atoms with Gasteiger partial charge in [0.25, 0.3) is 15.7 Å². The highest BCUT2D eigenvalue weighted by molar-refractivity contribution is 7.92. The molecule has 0 aliphatic heterocycles. The van der Waals surface area contributed by atoms with Gasteiger partial charge in [-0.25, -0.2) is 22.8 Å². The van der Waals surface area contributed by atoms with Crippen molar-refractivity contribution in [1.82, 2.24) is 9.97 Å². The van der Waals surface area contributed by atoms with Crippen LogP contribution in [0.2, 0.25) is 5.15 Å². The zero-order valence-corrected chi connectivity index (χ0v) is 11.6. The van der Waals surface area contributed by atoms with Crippen LogP contribution in [0.4, 0.5) is 15.9 Å². The molecule has 8 nitrogen and oxygen atoms in total. The summed E-state index contributed by atoms with van der Waals surface area (Å²) in [6.45, 7) is 0. The van der Waals surface area contributed by atoms with Crippen LogP contribution in [0.5, 0.6) is 0 Å². The molecule has 0 fully saturated rings. The van der Waals surface area contributed by atoms with Crippen LogP contribution in [-0.2, 0) is 10.0 Å². The van der Waals surface area contributed by atoms with Crippen LogP contribution in [0.15, 0.2) is 35.5 Å². The van der Waals surface area contributed by atoms with Crippen LogP contribution < -0.4 is 4.72 Å². The van der Waals surface area contributed by atoms with Gasteiger partial charge < -0.3 is 0 Å². The second-order valence-corrected chi connectivity index (χ2v) is 5.74. The summed E-state index contributed by atoms with van der Waals surface area (Å²) in [6, 6.07) is 3.27. The summed E-state index contributed by atoms with van der Waals surface area (Å²) in [5.41, 5.74) is -0.558. The van der Waals surface area contributed by atoms with E-state index in [1.807, 2.05) is 4.72 Å². The molecule has 0 spiro atoms. The summed E-state index contributed by atoms with van der Waals surface area (Å²) >= 11 is 5.57. The van der Waals surface area contributed by atoms with Crippen LogP contribution in [0.25, 0.3) is 0 Å². The number of hydrogen-bond acceptors (Lipinski definition) is 6. The van der Waals surface area contributed by atoms with Crippen molar-refractivity contribution in [3.63, 3.8) is 0 Å². The Kier molecular flexibility index (Phi) is 4.00. The summed E-state index contributed by atoms with van der Waals surface area (Å²) < 4.78 is 39.6. The molecule has 11 heteroatoms. The number of hydrogen-bond donors (Lipinski definition) is 1. The molecule has 1 aromatic heterocycles. The zero-order chi connectivity index (χ0) is 15.6. The summed E-state index contributed by atoms with van der Waals surface area (Å²) in [7, 11) is -4.40. The Morgan fingerprint density at radius 2 is 2.00 bits per heavy atom. The van der Waals surface area contributed by atoms with Crippen molar-refractivity contribution in [3.8, 4) is 0 Å². The number of halogens is 2. The highest BCUT2D eigenvalue weighted by Crippen LogP contribution is 2.23. The fourth-order valence-corrected chi connectivity index (χ4v) is 2.64. The first-order valence-electron chi connectivity index (χ1n) is 5.24. The number of rotatable bonds is 4. The molecule has 0 radical (unpaired) electrons. The smallest absolute Gasteiger partial charge is 0.263 e. The molecule has 0 unspecified atom stereocenters. The molecule has 0 aliphatic rings. The first kappa shape index (κ1) is 15.1. The Morgan fingerprint density at radius 1 is 1.29 bits per heavy atom. The number of nitro groups is 1. The van der Waals surface area contributed by atoms with Crippen molar-refractivity contribution < 1.29 is 17.7 Å². The van der Waals surface area contributed by atoms with E-state index >= 15 is 0 Å².